The molecule has 10 heteroatoms. The predicted octanol–water partition coefficient (Wildman–Crippen LogP) is 1.49. The second kappa shape index (κ2) is 11.1. The third-order valence-electron chi connectivity index (χ3n) is 4.05. The summed E-state index contributed by atoms with van der Waals surface area (Å²) in [5.74, 6) is 0.137. The average molecular weight is 419 g/mol. The first-order valence-corrected chi connectivity index (χ1v) is 8.43. The number of nitrogens with one attached hydrogen (secondary N) is 2. The van der Waals surface area contributed by atoms with Crippen LogP contribution in [0.3, 0.4) is 0 Å². The van der Waals surface area contributed by atoms with Crippen molar-refractivity contribution in [2.75, 3.05) is 6.54 Å². The smallest absolute Gasteiger partial charge is 0.239 e. The number of fused-ring (bicyclic) bond motifs is 1. The van der Waals surface area contributed by atoms with E-state index in [0.29, 0.717) is 11.5 Å². The van der Waals surface area contributed by atoms with Crippen LogP contribution in [0.4, 0.5) is 0 Å². The second-order valence-electron chi connectivity index (χ2n) is 6.76. The van der Waals surface area contributed by atoms with Crippen LogP contribution in [0, 0.1) is 11.8 Å². The zero-order valence-corrected chi connectivity index (χ0v) is 17.5. The lowest BCUT2D eigenvalue weighted by Crippen LogP contribution is -2.48. The minimum Gasteiger partial charge on any atom is -0.346 e. The van der Waals surface area contributed by atoms with Gasteiger partial charge in [-0.1, -0.05) is 33.8 Å². The van der Waals surface area contributed by atoms with Crippen LogP contribution in [0.5, 0.6) is 0 Å². The topological polar surface area (TPSA) is 114 Å². The Hall–Kier alpha value is -1.90. The molecule has 0 bridgehead atoms. The fourth-order valence-corrected chi connectivity index (χ4v) is 2.41. The van der Waals surface area contributed by atoms with E-state index in [1.54, 1.807) is 0 Å². The fraction of sp³-hybridized carbons (Fsp3) is 0.529. The van der Waals surface area contributed by atoms with Gasteiger partial charge in [0.25, 0.3) is 0 Å². The van der Waals surface area contributed by atoms with Gasteiger partial charge in [0.1, 0.15) is 0 Å². The van der Waals surface area contributed by atoms with E-state index in [2.05, 4.69) is 20.8 Å². The van der Waals surface area contributed by atoms with Crippen molar-refractivity contribution >= 4 is 42.3 Å². The molecule has 2 heterocycles. The second-order valence-corrected chi connectivity index (χ2v) is 6.76. The molecule has 0 radical (unpaired) electrons. The molecule has 0 aliphatic carbocycles. The van der Waals surface area contributed by atoms with Gasteiger partial charge in [-0.3, -0.25) is 14.0 Å². The summed E-state index contributed by atoms with van der Waals surface area (Å²) in [6, 6.07) is 4.66. The van der Waals surface area contributed by atoms with E-state index in [0.717, 1.165) is 0 Å². The van der Waals surface area contributed by atoms with E-state index in [1.165, 1.54) is 0 Å². The van der Waals surface area contributed by atoms with Crippen LogP contribution in [0.25, 0.3) is 5.65 Å². The van der Waals surface area contributed by atoms with Crippen LogP contribution in [-0.4, -0.2) is 39.0 Å². The zero-order chi connectivity index (χ0) is 18.6. The van der Waals surface area contributed by atoms with Gasteiger partial charge in [0.05, 0.1) is 18.6 Å². The molecule has 0 aliphatic heterocycles. The van der Waals surface area contributed by atoms with E-state index in [4.69, 9.17) is 5.73 Å². The Balaban J connectivity index is 0.00000338. The van der Waals surface area contributed by atoms with Crippen molar-refractivity contribution in [1.82, 2.24) is 25.2 Å². The monoisotopic (exact) mass is 418 g/mol. The summed E-state index contributed by atoms with van der Waals surface area (Å²) in [5.41, 5.74) is 6.49. The molecule has 1 unspecified atom stereocenters. The molecular weight excluding hydrogens is 391 g/mol. The van der Waals surface area contributed by atoms with Crippen LogP contribution in [0.2, 0.25) is 0 Å². The number of nitrogens with zero attached hydrogens (tertiary/aromatic N) is 3. The lowest BCUT2D eigenvalue weighted by Gasteiger charge is -2.21. The molecule has 4 N–H and O–H groups in total. The Morgan fingerprint density at radius 3 is 2.37 bits per heavy atom. The Morgan fingerprint density at radius 1 is 1.11 bits per heavy atom. The summed E-state index contributed by atoms with van der Waals surface area (Å²) in [4.78, 5) is 24.1. The third-order valence-corrected chi connectivity index (χ3v) is 4.05. The third kappa shape index (κ3) is 6.34. The minimum absolute atomic E-state index is 0. The SMILES string of the molecule is CC(C)C(NC(=O)CNC(=O)[C@@H](N)C(C)C)c1nnc2ccccn12.Cl.Cl. The lowest BCUT2D eigenvalue weighted by molar-refractivity contribution is -0.127. The molecule has 8 nitrogen and oxygen atoms in total. The van der Waals surface area contributed by atoms with Gasteiger partial charge in [0.15, 0.2) is 11.5 Å². The van der Waals surface area contributed by atoms with E-state index < -0.39 is 6.04 Å². The molecular formula is C17H28Cl2N6O2. The Kier molecular flexibility index (Phi) is 10.3. The quantitative estimate of drug-likeness (QED) is 0.629. The Bertz CT molecular complexity index is 750. The van der Waals surface area contributed by atoms with E-state index >= 15 is 0 Å². The fourth-order valence-electron chi connectivity index (χ4n) is 2.41. The molecule has 0 fully saturated rings. The van der Waals surface area contributed by atoms with Crippen LogP contribution in [-0.2, 0) is 9.59 Å². The lowest BCUT2D eigenvalue weighted by atomic mass is 10.0. The Labute approximate surface area is 171 Å². The number of carbonyl (C=O) groups is 2. The molecule has 0 saturated carbocycles. The van der Waals surface area contributed by atoms with Crippen molar-refractivity contribution in [3.05, 3.63) is 30.2 Å². The molecule has 2 atom stereocenters. The number of amides is 2. The summed E-state index contributed by atoms with van der Waals surface area (Å²) in [5, 5.41) is 13.8. The molecule has 2 aromatic rings. The summed E-state index contributed by atoms with van der Waals surface area (Å²) in [7, 11) is 0. The highest BCUT2D eigenvalue weighted by molar-refractivity contribution is 5.87. The van der Waals surface area contributed by atoms with Gasteiger partial charge in [0.2, 0.25) is 11.8 Å². The van der Waals surface area contributed by atoms with Gasteiger partial charge in [-0.15, -0.1) is 35.0 Å². The maximum atomic E-state index is 12.3. The van der Waals surface area contributed by atoms with Crippen molar-refractivity contribution < 1.29 is 9.59 Å². The van der Waals surface area contributed by atoms with Crippen molar-refractivity contribution in [3.63, 3.8) is 0 Å². The Morgan fingerprint density at radius 2 is 1.78 bits per heavy atom. The first kappa shape index (κ1) is 25.1. The number of rotatable bonds is 7. The number of halogens is 2. The van der Waals surface area contributed by atoms with E-state index in [-0.39, 0.29) is 61.1 Å². The highest BCUT2D eigenvalue weighted by Gasteiger charge is 2.24. The first-order chi connectivity index (χ1) is 11.8. The largest absolute Gasteiger partial charge is 0.346 e. The number of carbonyl (C=O) groups excluding carboxylic acids is 2. The van der Waals surface area contributed by atoms with Crippen molar-refractivity contribution in [2.45, 2.75) is 39.8 Å². The maximum Gasteiger partial charge on any atom is 0.239 e. The molecule has 152 valence electrons. The summed E-state index contributed by atoms with van der Waals surface area (Å²) in [6.45, 7) is 7.56. The van der Waals surface area contributed by atoms with E-state index in [9.17, 15) is 9.59 Å². The first-order valence-electron chi connectivity index (χ1n) is 8.43. The zero-order valence-electron chi connectivity index (χ0n) is 15.9. The molecule has 0 spiro atoms. The number of hydrogen-bond donors (Lipinski definition) is 3. The summed E-state index contributed by atoms with van der Waals surface area (Å²) < 4.78 is 1.85. The molecule has 0 aliphatic rings. The molecule has 0 aromatic carbocycles. The number of hydrogen-bond acceptors (Lipinski definition) is 5. The van der Waals surface area contributed by atoms with Crippen molar-refractivity contribution in [2.24, 2.45) is 17.6 Å². The highest BCUT2D eigenvalue weighted by atomic mass is 35.5. The van der Waals surface area contributed by atoms with Crippen molar-refractivity contribution in [1.29, 1.82) is 0 Å². The van der Waals surface area contributed by atoms with E-state index in [1.807, 2.05) is 56.5 Å². The van der Waals surface area contributed by atoms with Gasteiger partial charge in [-0.2, -0.15) is 0 Å². The summed E-state index contributed by atoms with van der Waals surface area (Å²) >= 11 is 0. The number of pyridine rings is 1. The summed E-state index contributed by atoms with van der Waals surface area (Å²) in [6.07, 6.45) is 1.86. The van der Waals surface area contributed by atoms with Crippen LogP contribution < -0.4 is 16.4 Å². The van der Waals surface area contributed by atoms with Gasteiger partial charge < -0.3 is 16.4 Å². The normalized spacial score (nSPS) is 12.9. The highest BCUT2D eigenvalue weighted by Crippen LogP contribution is 2.20. The average Bonchev–Trinajstić information content (AvgIpc) is 3.00. The van der Waals surface area contributed by atoms with Gasteiger partial charge in [0, 0.05) is 6.20 Å². The molecule has 27 heavy (non-hydrogen) atoms. The van der Waals surface area contributed by atoms with Crippen LogP contribution in [0.15, 0.2) is 24.4 Å². The van der Waals surface area contributed by atoms with Crippen LogP contribution in [0.1, 0.15) is 39.6 Å². The predicted molar refractivity (Wildman–Crippen MR) is 109 cm³/mol. The number of nitrogens with two attached hydrogens (primary N) is 1. The van der Waals surface area contributed by atoms with Gasteiger partial charge >= 0.3 is 0 Å². The number of aromatic nitrogens is 3. The molecule has 2 aromatic heterocycles. The standard InChI is InChI=1S/C17H26N6O2.2ClH/c1-10(2)14(18)17(25)19-9-13(24)20-15(11(3)4)16-22-21-12-7-5-6-8-23(12)16;;/h5-8,10-11,14-15H,9,18H2,1-4H3,(H,19,25)(H,20,24);2*1H/t14-,15?;;/m0../s1. The van der Waals surface area contributed by atoms with Gasteiger partial charge in [-0.05, 0) is 24.0 Å². The van der Waals surface area contributed by atoms with Crippen LogP contribution >= 0.6 is 24.8 Å². The maximum absolute atomic E-state index is 12.3. The molecule has 2 amide bonds. The van der Waals surface area contributed by atoms with Crippen molar-refractivity contribution in [3.8, 4) is 0 Å². The van der Waals surface area contributed by atoms with Gasteiger partial charge in [-0.25, -0.2) is 0 Å². The minimum atomic E-state index is -0.630. The molecule has 2 rings (SSSR count). The molecule has 0 saturated heterocycles.